The minimum atomic E-state index is -0.885. The van der Waals surface area contributed by atoms with E-state index in [-0.39, 0.29) is 24.1 Å². The Morgan fingerprint density at radius 2 is 1.97 bits per heavy atom. The minimum Gasteiger partial charge on any atom is -0.481 e. The fraction of sp³-hybridized carbons (Fsp3) is 0.400. The van der Waals surface area contributed by atoms with E-state index in [1.807, 2.05) is 29.2 Å². The molecule has 7 nitrogen and oxygen atoms in total. The molecule has 1 fully saturated rings. The fourth-order valence-corrected chi connectivity index (χ4v) is 4.61. The summed E-state index contributed by atoms with van der Waals surface area (Å²) in [4.78, 5) is 30.6. The van der Waals surface area contributed by atoms with Crippen LogP contribution in [0.1, 0.15) is 47.5 Å². The van der Waals surface area contributed by atoms with Crippen LogP contribution in [0.25, 0.3) is 0 Å². The average Bonchev–Trinajstić information content (AvgIpc) is 3.31. The lowest BCUT2D eigenvalue weighted by atomic mass is 9.82. The molecule has 1 atom stereocenters. The molecule has 0 aromatic heterocycles. The number of hydrogen-bond acceptors (Lipinski definition) is 5. The van der Waals surface area contributed by atoms with E-state index in [0.717, 1.165) is 43.1 Å². The van der Waals surface area contributed by atoms with Crippen LogP contribution >= 0.6 is 0 Å². The number of aliphatic carboxylic acids is 1. The van der Waals surface area contributed by atoms with Gasteiger partial charge < -0.3 is 20.6 Å². The van der Waals surface area contributed by atoms with Gasteiger partial charge in [0, 0.05) is 30.9 Å². The van der Waals surface area contributed by atoms with Crippen LogP contribution in [-0.2, 0) is 4.79 Å². The normalized spacial score (nSPS) is 17.2. The number of guanidine groups is 1. The summed E-state index contributed by atoms with van der Waals surface area (Å²) in [7, 11) is 0. The molecule has 2 aromatic rings. The molecule has 1 saturated heterocycles. The third-order valence-corrected chi connectivity index (χ3v) is 6.31. The molecule has 0 spiro atoms. The number of benzene rings is 2. The Hall–Kier alpha value is -3.42. The number of carbonyl (C=O) groups excluding carboxylic acids is 1. The number of carboxylic acid groups (broad SMARTS) is 1. The lowest BCUT2D eigenvalue weighted by molar-refractivity contribution is -0.137. The Bertz CT molecular complexity index is 1030. The standard InChI is InChI=1S/C25H29FN4O3/c26-21-5-1-3-18(14-21)20(16-23(31)32)13-17-7-11-30(12-8-17)24(33)19-4-2-6-22(15-19)29-25-27-9-10-28-25/h1-6,14-15,17,20H,7-13,16H2,(H,31,32)(H2,27,28,29). The fourth-order valence-electron chi connectivity index (χ4n) is 4.61. The Morgan fingerprint density at radius 1 is 1.18 bits per heavy atom. The van der Waals surface area contributed by atoms with Gasteiger partial charge in [-0.15, -0.1) is 0 Å². The molecule has 0 aliphatic carbocycles. The van der Waals surface area contributed by atoms with E-state index in [1.54, 1.807) is 12.1 Å². The second-order valence-electron chi connectivity index (χ2n) is 8.68. The summed E-state index contributed by atoms with van der Waals surface area (Å²) >= 11 is 0. The maximum atomic E-state index is 13.7. The summed E-state index contributed by atoms with van der Waals surface area (Å²) in [5.41, 5.74) is 2.16. The van der Waals surface area contributed by atoms with Crippen molar-refractivity contribution in [3.05, 3.63) is 65.5 Å². The summed E-state index contributed by atoms with van der Waals surface area (Å²) in [6.07, 6.45) is 2.25. The number of piperidine rings is 1. The molecule has 3 N–H and O–H groups in total. The summed E-state index contributed by atoms with van der Waals surface area (Å²) in [5.74, 6) is -0.471. The van der Waals surface area contributed by atoms with Crippen molar-refractivity contribution in [2.24, 2.45) is 10.9 Å². The van der Waals surface area contributed by atoms with Gasteiger partial charge in [0.05, 0.1) is 13.0 Å². The zero-order valence-corrected chi connectivity index (χ0v) is 18.5. The first-order chi connectivity index (χ1) is 16.0. The minimum absolute atomic E-state index is 0.00867. The van der Waals surface area contributed by atoms with Crippen molar-refractivity contribution in [1.82, 2.24) is 10.2 Å². The van der Waals surface area contributed by atoms with Gasteiger partial charge in [-0.05, 0) is 67.0 Å². The summed E-state index contributed by atoms with van der Waals surface area (Å²) < 4.78 is 13.7. The third-order valence-electron chi connectivity index (χ3n) is 6.31. The summed E-state index contributed by atoms with van der Waals surface area (Å²) in [6.45, 7) is 2.79. The van der Waals surface area contributed by atoms with Gasteiger partial charge in [0.15, 0.2) is 5.96 Å². The van der Waals surface area contributed by atoms with Gasteiger partial charge in [0.1, 0.15) is 5.82 Å². The van der Waals surface area contributed by atoms with E-state index in [9.17, 15) is 19.1 Å². The van der Waals surface area contributed by atoms with E-state index >= 15 is 0 Å². The Kier molecular flexibility index (Phi) is 7.22. The van der Waals surface area contributed by atoms with E-state index < -0.39 is 5.97 Å². The van der Waals surface area contributed by atoms with Gasteiger partial charge in [-0.25, -0.2) is 4.39 Å². The van der Waals surface area contributed by atoms with Crippen molar-refractivity contribution in [2.45, 2.75) is 31.6 Å². The highest BCUT2D eigenvalue weighted by atomic mass is 19.1. The van der Waals surface area contributed by atoms with Gasteiger partial charge in [-0.3, -0.25) is 14.6 Å². The number of rotatable bonds is 7. The Balaban J connectivity index is 1.35. The quantitative estimate of drug-likeness (QED) is 0.596. The smallest absolute Gasteiger partial charge is 0.303 e. The Labute approximate surface area is 192 Å². The van der Waals surface area contributed by atoms with E-state index in [1.165, 1.54) is 12.1 Å². The average molecular weight is 453 g/mol. The van der Waals surface area contributed by atoms with Crippen LogP contribution < -0.4 is 10.6 Å². The maximum absolute atomic E-state index is 13.7. The topological polar surface area (TPSA) is 94.0 Å². The molecule has 2 aromatic carbocycles. The van der Waals surface area contributed by atoms with Crippen LogP contribution in [0.15, 0.2) is 53.5 Å². The molecular formula is C25H29FN4O3. The Morgan fingerprint density at radius 3 is 2.67 bits per heavy atom. The molecule has 2 aliphatic heterocycles. The van der Waals surface area contributed by atoms with Crippen molar-refractivity contribution >= 4 is 23.5 Å². The van der Waals surface area contributed by atoms with Crippen LogP contribution in [0.3, 0.4) is 0 Å². The SMILES string of the molecule is O=C(O)CC(CC1CCN(C(=O)c2cccc(NC3=NCCN3)c2)CC1)c1cccc(F)c1. The molecule has 1 amide bonds. The number of nitrogens with one attached hydrogen (secondary N) is 2. The van der Waals surface area contributed by atoms with Crippen LogP contribution in [0, 0.1) is 11.7 Å². The van der Waals surface area contributed by atoms with Crippen LogP contribution in [0.2, 0.25) is 0 Å². The van der Waals surface area contributed by atoms with Crippen molar-refractivity contribution in [3.63, 3.8) is 0 Å². The largest absolute Gasteiger partial charge is 0.481 e. The number of aliphatic imine (C=N–C) groups is 1. The second kappa shape index (κ2) is 10.5. The molecule has 33 heavy (non-hydrogen) atoms. The number of anilines is 1. The van der Waals surface area contributed by atoms with Crippen LogP contribution in [0.5, 0.6) is 0 Å². The number of carbonyl (C=O) groups is 2. The lowest BCUT2D eigenvalue weighted by Gasteiger charge is -2.33. The zero-order chi connectivity index (χ0) is 23.2. The number of likely N-dealkylation sites (tertiary alicyclic amines) is 1. The first kappa shape index (κ1) is 22.8. The van der Waals surface area contributed by atoms with Gasteiger partial charge in [0.2, 0.25) is 0 Å². The number of carboxylic acids is 1. The highest BCUT2D eigenvalue weighted by Gasteiger charge is 2.27. The molecule has 0 bridgehead atoms. The predicted octanol–water partition coefficient (Wildman–Crippen LogP) is 3.70. The predicted molar refractivity (Wildman–Crippen MR) is 125 cm³/mol. The number of amides is 1. The lowest BCUT2D eigenvalue weighted by Crippen LogP contribution is -2.38. The molecule has 1 unspecified atom stereocenters. The summed E-state index contributed by atoms with van der Waals surface area (Å²) in [6, 6.07) is 13.6. The van der Waals surface area contributed by atoms with Crippen molar-refractivity contribution in [2.75, 3.05) is 31.5 Å². The van der Waals surface area contributed by atoms with Crippen LogP contribution in [-0.4, -0.2) is 54.0 Å². The van der Waals surface area contributed by atoms with E-state index in [0.29, 0.717) is 31.0 Å². The first-order valence-corrected chi connectivity index (χ1v) is 11.4. The van der Waals surface area contributed by atoms with Gasteiger partial charge in [0.25, 0.3) is 5.91 Å². The van der Waals surface area contributed by atoms with E-state index in [2.05, 4.69) is 15.6 Å². The maximum Gasteiger partial charge on any atom is 0.303 e. The monoisotopic (exact) mass is 452 g/mol. The number of nitrogens with zero attached hydrogens (tertiary/aromatic N) is 2. The molecule has 0 radical (unpaired) electrons. The molecule has 2 aliphatic rings. The van der Waals surface area contributed by atoms with Gasteiger partial charge in [-0.1, -0.05) is 18.2 Å². The zero-order valence-electron chi connectivity index (χ0n) is 18.5. The number of halogens is 1. The summed E-state index contributed by atoms with van der Waals surface area (Å²) in [5, 5.41) is 15.7. The van der Waals surface area contributed by atoms with E-state index in [4.69, 9.17) is 0 Å². The van der Waals surface area contributed by atoms with Crippen molar-refractivity contribution in [1.29, 1.82) is 0 Å². The molecule has 0 saturated carbocycles. The van der Waals surface area contributed by atoms with Gasteiger partial charge >= 0.3 is 5.97 Å². The highest BCUT2D eigenvalue weighted by Crippen LogP contribution is 2.33. The third kappa shape index (κ3) is 6.09. The highest BCUT2D eigenvalue weighted by molar-refractivity contribution is 5.98. The number of hydrogen-bond donors (Lipinski definition) is 3. The first-order valence-electron chi connectivity index (χ1n) is 11.4. The second-order valence-corrected chi connectivity index (χ2v) is 8.68. The van der Waals surface area contributed by atoms with Crippen molar-refractivity contribution < 1.29 is 19.1 Å². The van der Waals surface area contributed by atoms with Crippen molar-refractivity contribution in [3.8, 4) is 0 Å². The van der Waals surface area contributed by atoms with Crippen LogP contribution in [0.4, 0.5) is 10.1 Å². The molecule has 174 valence electrons. The molecular weight excluding hydrogens is 423 g/mol. The molecule has 4 rings (SSSR count). The molecule has 8 heteroatoms. The van der Waals surface area contributed by atoms with Gasteiger partial charge in [-0.2, -0.15) is 0 Å². The molecule has 2 heterocycles.